The smallest absolute Gasteiger partial charge is 0.256 e. The first-order valence-electron chi connectivity index (χ1n) is 11.2. The number of methoxy groups -OCH3 is 1. The van der Waals surface area contributed by atoms with Crippen molar-refractivity contribution in [2.24, 2.45) is 0 Å². The number of anilines is 1. The number of rotatable bonds is 6. The lowest BCUT2D eigenvalue weighted by Gasteiger charge is -2.30. The summed E-state index contributed by atoms with van der Waals surface area (Å²) >= 11 is 3.42. The Bertz CT molecular complexity index is 1300. The minimum Gasteiger partial charge on any atom is -0.493 e. The third-order valence-corrected chi connectivity index (χ3v) is 7.49. The van der Waals surface area contributed by atoms with E-state index in [1.54, 1.807) is 49.4 Å². The molecule has 0 aromatic heterocycles. The minimum atomic E-state index is -1.38. The number of nitrogens with one attached hydrogen (secondary N) is 1. The third-order valence-electron chi connectivity index (χ3n) is 6.96. The molecule has 1 saturated heterocycles. The number of hydrogen-bond acceptors (Lipinski definition) is 6. The molecule has 0 radical (unpaired) electrons. The number of benzene rings is 3. The molecule has 180 valence electrons. The first-order chi connectivity index (χ1) is 16.9. The maximum absolute atomic E-state index is 13.3. The highest BCUT2D eigenvalue weighted by atomic mass is 79.9. The summed E-state index contributed by atoms with van der Waals surface area (Å²) in [4.78, 5) is 27.2. The maximum Gasteiger partial charge on any atom is 0.256 e. The maximum atomic E-state index is 13.3. The largest absolute Gasteiger partial charge is 0.493 e. The Morgan fingerprint density at radius 3 is 2.60 bits per heavy atom. The van der Waals surface area contributed by atoms with E-state index in [0.717, 1.165) is 15.6 Å². The Kier molecular flexibility index (Phi) is 5.98. The summed E-state index contributed by atoms with van der Waals surface area (Å²) in [7, 11) is 3.31. The molecule has 0 saturated carbocycles. The lowest BCUT2D eigenvalue weighted by Crippen LogP contribution is -2.54. The summed E-state index contributed by atoms with van der Waals surface area (Å²) < 4.78 is 12.5. The summed E-state index contributed by atoms with van der Waals surface area (Å²) in [6.07, 6.45) is 0. The summed E-state index contributed by atoms with van der Waals surface area (Å²) in [5, 5.41) is 15.3. The molecule has 0 unspecified atom stereocenters. The number of carbonyl (C=O) groups excluding carboxylic acids is 1. The number of ether oxygens (including phenoxy) is 2. The van der Waals surface area contributed by atoms with E-state index in [9.17, 15) is 14.9 Å². The summed E-state index contributed by atoms with van der Waals surface area (Å²) in [5.41, 5.74) is 1.59. The number of para-hydroxylation sites is 1. The van der Waals surface area contributed by atoms with Crippen molar-refractivity contribution in [3.8, 4) is 11.5 Å². The lowest BCUT2D eigenvalue weighted by molar-refractivity contribution is -0.534. The number of hydrogen-bond donors (Lipinski definition) is 1. The predicted molar refractivity (Wildman–Crippen MR) is 134 cm³/mol. The molecule has 3 atom stereocenters. The number of amides is 1. The van der Waals surface area contributed by atoms with Crippen LogP contribution in [0.5, 0.6) is 11.5 Å². The topological polar surface area (TPSA) is 93.9 Å². The molecule has 1 spiro atoms. The van der Waals surface area contributed by atoms with Gasteiger partial charge in [0.25, 0.3) is 11.9 Å². The molecule has 8 nitrogen and oxygen atoms in total. The molecule has 0 aliphatic carbocycles. The second kappa shape index (κ2) is 8.98. The number of fused-ring (bicyclic) bond motifs is 2. The van der Waals surface area contributed by atoms with Crippen LogP contribution in [0.1, 0.15) is 22.6 Å². The molecule has 3 aromatic carbocycles. The van der Waals surface area contributed by atoms with Crippen LogP contribution in [0.4, 0.5) is 5.69 Å². The molecule has 2 aliphatic rings. The van der Waals surface area contributed by atoms with Gasteiger partial charge in [-0.3, -0.25) is 19.8 Å². The van der Waals surface area contributed by atoms with Crippen LogP contribution in [-0.2, 0) is 16.9 Å². The molecule has 1 fully saturated rings. The van der Waals surface area contributed by atoms with E-state index in [-0.39, 0.29) is 10.8 Å². The van der Waals surface area contributed by atoms with Gasteiger partial charge in [-0.2, -0.15) is 0 Å². The summed E-state index contributed by atoms with van der Waals surface area (Å²) in [5.74, 6) is 0.136. The fourth-order valence-electron chi connectivity index (χ4n) is 5.36. The fourth-order valence-corrected chi connectivity index (χ4v) is 5.62. The zero-order chi connectivity index (χ0) is 24.7. The van der Waals surface area contributed by atoms with Crippen molar-refractivity contribution >= 4 is 27.5 Å². The van der Waals surface area contributed by atoms with Crippen LogP contribution >= 0.6 is 15.9 Å². The second-order valence-corrected chi connectivity index (χ2v) is 9.72. The van der Waals surface area contributed by atoms with Crippen molar-refractivity contribution in [2.45, 2.75) is 24.1 Å². The van der Waals surface area contributed by atoms with Crippen LogP contribution in [0.2, 0.25) is 0 Å². The molecule has 1 amide bonds. The number of nitrogens with zero attached hydrogens (tertiary/aromatic N) is 2. The van der Waals surface area contributed by atoms with Crippen molar-refractivity contribution in [1.29, 1.82) is 0 Å². The zero-order valence-corrected chi connectivity index (χ0v) is 20.8. The highest BCUT2D eigenvalue weighted by Crippen LogP contribution is 2.52. The molecule has 1 N–H and O–H groups in total. The fraction of sp³-hybridized carbons (Fsp3) is 0.269. The van der Waals surface area contributed by atoms with Crippen molar-refractivity contribution in [2.75, 3.05) is 26.0 Å². The number of likely N-dealkylation sites (N-methyl/N-ethyl adjacent to an activating group) is 1. The van der Waals surface area contributed by atoms with Crippen molar-refractivity contribution < 1.29 is 19.2 Å². The van der Waals surface area contributed by atoms with Crippen LogP contribution < -0.4 is 14.8 Å². The van der Waals surface area contributed by atoms with E-state index >= 15 is 0 Å². The summed E-state index contributed by atoms with van der Waals surface area (Å²) in [6.45, 7) is 0.697. The SMILES string of the molecule is COc1cc([C@@H]2CN(C)[C@@]3(C(=O)Nc4ccccc43)[C@@H]2[N+](=O)[O-])ccc1OCc1ccc(Br)cc1. The Labute approximate surface area is 211 Å². The van der Waals surface area contributed by atoms with Crippen LogP contribution in [0, 0.1) is 10.1 Å². The highest BCUT2D eigenvalue weighted by molar-refractivity contribution is 9.10. The van der Waals surface area contributed by atoms with E-state index in [1.807, 2.05) is 36.4 Å². The van der Waals surface area contributed by atoms with Gasteiger partial charge in [-0.15, -0.1) is 0 Å². The molecule has 3 aromatic rings. The Balaban J connectivity index is 1.48. The van der Waals surface area contributed by atoms with E-state index in [0.29, 0.717) is 35.9 Å². The standard InChI is InChI=1S/C26H24BrN3O5/c1-29-14-19(24(30(32)33)26(29)20-5-3-4-6-21(20)28-25(26)31)17-9-12-22(23(13-17)34-2)35-15-16-7-10-18(27)11-8-16/h3-13,19,24H,14-15H2,1-2H3,(H,28,31)/t19-,24+,26+/m0/s1. The van der Waals surface area contributed by atoms with Gasteiger partial charge in [0.05, 0.1) is 13.0 Å². The molecule has 35 heavy (non-hydrogen) atoms. The number of halogens is 1. The van der Waals surface area contributed by atoms with Crippen LogP contribution in [0.15, 0.2) is 71.2 Å². The molecule has 2 aliphatic heterocycles. The second-order valence-electron chi connectivity index (χ2n) is 8.81. The molecular weight excluding hydrogens is 514 g/mol. The molecular formula is C26H24BrN3O5. The zero-order valence-electron chi connectivity index (χ0n) is 19.2. The van der Waals surface area contributed by atoms with Gasteiger partial charge in [-0.1, -0.05) is 52.3 Å². The van der Waals surface area contributed by atoms with E-state index in [4.69, 9.17) is 9.47 Å². The van der Waals surface area contributed by atoms with Crippen molar-refractivity contribution in [3.05, 3.63) is 98.0 Å². The monoisotopic (exact) mass is 537 g/mol. The molecule has 5 rings (SSSR count). The highest BCUT2D eigenvalue weighted by Gasteiger charge is 2.68. The Morgan fingerprint density at radius 1 is 1.14 bits per heavy atom. The third kappa shape index (κ3) is 3.75. The van der Waals surface area contributed by atoms with Gasteiger partial charge in [0.2, 0.25) is 0 Å². The van der Waals surface area contributed by atoms with Crippen molar-refractivity contribution in [3.63, 3.8) is 0 Å². The van der Waals surface area contributed by atoms with Gasteiger partial charge < -0.3 is 14.8 Å². The van der Waals surface area contributed by atoms with Gasteiger partial charge in [-0.05, 0) is 48.5 Å². The van der Waals surface area contributed by atoms with Gasteiger partial charge in [0.1, 0.15) is 6.61 Å². The van der Waals surface area contributed by atoms with Crippen LogP contribution in [-0.4, -0.2) is 42.5 Å². The average Bonchev–Trinajstić information content (AvgIpc) is 3.33. The Hall–Kier alpha value is -3.43. The quantitative estimate of drug-likeness (QED) is 0.366. The number of likely N-dealkylation sites (tertiary alicyclic amines) is 1. The predicted octanol–water partition coefficient (Wildman–Crippen LogP) is 4.56. The first-order valence-corrected chi connectivity index (χ1v) is 12.0. The van der Waals surface area contributed by atoms with E-state index < -0.39 is 17.5 Å². The van der Waals surface area contributed by atoms with E-state index in [1.165, 1.54) is 0 Å². The van der Waals surface area contributed by atoms with Crippen LogP contribution in [0.25, 0.3) is 0 Å². The van der Waals surface area contributed by atoms with Crippen molar-refractivity contribution in [1.82, 2.24) is 4.90 Å². The number of nitro groups is 1. The molecule has 2 heterocycles. The Morgan fingerprint density at radius 2 is 1.89 bits per heavy atom. The summed E-state index contributed by atoms with van der Waals surface area (Å²) in [6, 6.07) is 19.2. The van der Waals surface area contributed by atoms with Crippen LogP contribution in [0.3, 0.4) is 0 Å². The molecule has 0 bridgehead atoms. The lowest BCUT2D eigenvalue weighted by atomic mass is 9.79. The van der Waals surface area contributed by atoms with Gasteiger partial charge in [0.15, 0.2) is 17.0 Å². The first kappa shape index (κ1) is 23.3. The normalized spacial score (nSPS) is 23.2. The van der Waals surface area contributed by atoms with Gasteiger partial charge in [0, 0.05) is 27.2 Å². The van der Waals surface area contributed by atoms with E-state index in [2.05, 4.69) is 21.2 Å². The molecule has 9 heteroatoms. The number of carbonyl (C=O) groups is 1. The minimum absolute atomic E-state index is 0.319. The van der Waals surface area contributed by atoms with Gasteiger partial charge in [-0.25, -0.2) is 0 Å². The van der Waals surface area contributed by atoms with Gasteiger partial charge >= 0.3 is 0 Å². The average molecular weight is 538 g/mol.